The number of hydrogen-bond acceptors (Lipinski definition) is 6. The first kappa shape index (κ1) is 21.1. The summed E-state index contributed by atoms with van der Waals surface area (Å²) in [5.74, 6) is 0.359. The molecule has 0 saturated carbocycles. The minimum Gasteiger partial charge on any atom is -0.470 e. The van der Waals surface area contributed by atoms with Gasteiger partial charge in [0.05, 0.1) is 18.9 Å². The maximum atomic E-state index is 11.7. The van der Waals surface area contributed by atoms with E-state index in [2.05, 4.69) is 26.1 Å². The molecule has 162 valence electrons. The van der Waals surface area contributed by atoms with E-state index in [4.69, 9.17) is 9.47 Å². The Morgan fingerprint density at radius 3 is 2.69 bits per heavy atom. The Hall–Kier alpha value is -4.13. The van der Waals surface area contributed by atoms with E-state index in [1.807, 2.05) is 56.3 Å². The molecule has 0 radical (unpaired) electrons. The van der Waals surface area contributed by atoms with E-state index in [1.54, 1.807) is 24.5 Å². The molecule has 0 atom stereocenters. The van der Waals surface area contributed by atoms with Crippen molar-refractivity contribution in [1.82, 2.24) is 15.0 Å². The fourth-order valence-corrected chi connectivity index (χ4v) is 3.64. The highest BCUT2D eigenvalue weighted by atomic mass is 16.5. The first-order valence-corrected chi connectivity index (χ1v) is 10.2. The third kappa shape index (κ3) is 4.32. The molecule has 0 spiro atoms. The number of pyridine rings is 1. The van der Waals surface area contributed by atoms with Crippen molar-refractivity contribution < 1.29 is 14.3 Å². The van der Waals surface area contributed by atoms with Crippen molar-refractivity contribution in [3.05, 3.63) is 89.4 Å². The van der Waals surface area contributed by atoms with E-state index in [0.717, 1.165) is 33.5 Å². The van der Waals surface area contributed by atoms with E-state index < -0.39 is 0 Å². The molecule has 4 rings (SSSR count). The van der Waals surface area contributed by atoms with Crippen molar-refractivity contribution in [3.63, 3.8) is 0 Å². The highest BCUT2D eigenvalue weighted by molar-refractivity contribution is 5.89. The van der Waals surface area contributed by atoms with Crippen LogP contribution < -0.4 is 10.2 Å². The van der Waals surface area contributed by atoms with Gasteiger partial charge in [0.1, 0.15) is 11.3 Å². The van der Waals surface area contributed by atoms with Crippen LogP contribution in [0.1, 0.15) is 27.3 Å². The maximum Gasteiger partial charge on any atom is 0.337 e. The van der Waals surface area contributed by atoms with Gasteiger partial charge in [-0.15, -0.1) is 0 Å². The van der Waals surface area contributed by atoms with Crippen molar-refractivity contribution in [3.8, 4) is 11.4 Å². The molecular formula is C25H24N4O3. The number of nitrogens with zero attached hydrogens (tertiary/aromatic N) is 3. The van der Waals surface area contributed by atoms with Crippen LogP contribution in [0.2, 0.25) is 0 Å². The highest BCUT2D eigenvalue weighted by Gasteiger charge is 2.11. The second-order valence-electron chi connectivity index (χ2n) is 7.24. The monoisotopic (exact) mass is 428 g/mol. The van der Waals surface area contributed by atoms with Crippen LogP contribution in [-0.2, 0) is 4.74 Å². The lowest BCUT2D eigenvalue weighted by atomic mass is 10.2. The number of aromatic nitrogens is 2. The van der Waals surface area contributed by atoms with Gasteiger partial charge in [0.2, 0.25) is 0 Å². The second kappa shape index (κ2) is 9.34. The Kier molecular flexibility index (Phi) is 6.17. The van der Waals surface area contributed by atoms with Crippen LogP contribution >= 0.6 is 0 Å². The van der Waals surface area contributed by atoms with Gasteiger partial charge in [0, 0.05) is 34.2 Å². The van der Waals surface area contributed by atoms with Gasteiger partial charge in [-0.2, -0.15) is 5.10 Å². The lowest BCUT2D eigenvalue weighted by Gasteiger charge is -2.10. The van der Waals surface area contributed by atoms with E-state index in [0.29, 0.717) is 11.3 Å². The largest absolute Gasteiger partial charge is 0.470 e. The van der Waals surface area contributed by atoms with Crippen molar-refractivity contribution in [2.45, 2.75) is 13.8 Å². The first-order chi connectivity index (χ1) is 15.6. The lowest BCUT2D eigenvalue weighted by Crippen LogP contribution is -2.14. The smallest absolute Gasteiger partial charge is 0.337 e. The van der Waals surface area contributed by atoms with Crippen molar-refractivity contribution in [2.24, 2.45) is 5.10 Å². The van der Waals surface area contributed by atoms with Crippen molar-refractivity contribution in [2.75, 3.05) is 13.8 Å². The lowest BCUT2D eigenvalue weighted by molar-refractivity contribution is 0.0600. The van der Waals surface area contributed by atoms with E-state index in [9.17, 15) is 4.79 Å². The zero-order chi connectivity index (χ0) is 22.5. The average Bonchev–Trinajstić information content (AvgIpc) is 3.11. The van der Waals surface area contributed by atoms with Crippen LogP contribution in [-0.4, -0.2) is 35.6 Å². The first-order valence-electron chi connectivity index (χ1n) is 10.2. The number of hydrogen-bond donors (Lipinski definition) is 1. The number of para-hydroxylation sites is 1. The van der Waals surface area contributed by atoms with Gasteiger partial charge in [-0.1, -0.05) is 18.2 Å². The summed E-state index contributed by atoms with van der Waals surface area (Å²) in [6.45, 7) is 4.28. The molecule has 0 unspecified atom stereocenters. The number of nitrogens with one attached hydrogen (secondary N) is 1. The highest BCUT2D eigenvalue weighted by Crippen LogP contribution is 2.23. The van der Waals surface area contributed by atoms with Crippen LogP contribution in [0.4, 0.5) is 0 Å². The summed E-state index contributed by atoms with van der Waals surface area (Å²) in [7, 11) is 1.38. The van der Waals surface area contributed by atoms with Gasteiger partial charge in [-0.3, -0.25) is 10.4 Å². The van der Waals surface area contributed by atoms with Gasteiger partial charge in [-0.05, 0) is 56.3 Å². The Labute approximate surface area is 186 Å². The van der Waals surface area contributed by atoms with Crippen LogP contribution in [0.25, 0.3) is 16.6 Å². The average molecular weight is 428 g/mol. The molecule has 0 saturated heterocycles. The third-order valence-corrected chi connectivity index (χ3v) is 5.20. The number of hydrazone groups is 1. The number of esters is 1. The minimum absolute atomic E-state index is 0.222. The molecule has 1 N–H and O–H groups in total. The standard InChI is InChI=1S/C25H24N4O3/c1-17-14-21(18(2)29(17)22-11-9-20(10-12-22)25(30)31-3)15-27-28-16-32-23-8-4-6-19-7-5-13-26-24(19)23/h4-15,28H,16H2,1-3H3. The summed E-state index contributed by atoms with van der Waals surface area (Å²) < 4.78 is 12.7. The molecule has 0 amide bonds. The molecule has 2 aromatic heterocycles. The summed E-state index contributed by atoms with van der Waals surface area (Å²) in [6, 6.07) is 19.1. The van der Waals surface area contributed by atoms with Gasteiger partial charge in [0.25, 0.3) is 0 Å². The molecule has 2 aromatic carbocycles. The van der Waals surface area contributed by atoms with E-state index >= 15 is 0 Å². The number of rotatable bonds is 7. The number of carbonyl (C=O) groups excluding carboxylic acids is 1. The fraction of sp³-hybridized carbons (Fsp3) is 0.160. The summed E-state index contributed by atoms with van der Waals surface area (Å²) in [5, 5.41) is 5.33. The minimum atomic E-state index is -0.349. The summed E-state index contributed by atoms with van der Waals surface area (Å²) in [6.07, 6.45) is 3.52. The summed E-state index contributed by atoms with van der Waals surface area (Å²) in [5.41, 5.74) is 8.32. The Morgan fingerprint density at radius 1 is 1.12 bits per heavy atom. The normalized spacial score (nSPS) is 11.1. The number of aryl methyl sites for hydroxylation is 1. The van der Waals surface area contributed by atoms with Crippen LogP contribution in [0.5, 0.6) is 5.75 Å². The van der Waals surface area contributed by atoms with Gasteiger partial charge >= 0.3 is 5.97 Å². The second-order valence-corrected chi connectivity index (χ2v) is 7.24. The number of fused-ring (bicyclic) bond motifs is 1. The molecule has 7 nitrogen and oxygen atoms in total. The number of benzene rings is 2. The third-order valence-electron chi connectivity index (χ3n) is 5.20. The summed E-state index contributed by atoms with van der Waals surface area (Å²) in [4.78, 5) is 16.0. The molecular weight excluding hydrogens is 404 g/mol. The molecule has 4 aromatic rings. The maximum absolute atomic E-state index is 11.7. The van der Waals surface area contributed by atoms with Crippen molar-refractivity contribution >= 4 is 23.1 Å². The molecule has 0 fully saturated rings. The predicted octanol–water partition coefficient (Wildman–Crippen LogP) is 4.39. The zero-order valence-electron chi connectivity index (χ0n) is 18.2. The molecule has 32 heavy (non-hydrogen) atoms. The van der Waals surface area contributed by atoms with Gasteiger partial charge in [0.15, 0.2) is 6.73 Å². The molecule has 2 heterocycles. The molecule has 0 bridgehead atoms. The van der Waals surface area contributed by atoms with E-state index in [-0.39, 0.29) is 12.7 Å². The van der Waals surface area contributed by atoms with Gasteiger partial charge in [-0.25, -0.2) is 4.79 Å². The van der Waals surface area contributed by atoms with Crippen LogP contribution in [0, 0.1) is 13.8 Å². The Bertz CT molecular complexity index is 1270. The number of ether oxygens (including phenoxy) is 2. The molecule has 7 heteroatoms. The number of methoxy groups -OCH3 is 1. The topological polar surface area (TPSA) is 77.7 Å². The summed E-state index contributed by atoms with van der Waals surface area (Å²) >= 11 is 0. The number of carbonyl (C=O) groups is 1. The Balaban J connectivity index is 1.42. The van der Waals surface area contributed by atoms with Crippen LogP contribution in [0.3, 0.4) is 0 Å². The SMILES string of the molecule is COC(=O)c1ccc(-n2c(C)cc(C=NNCOc3cccc4cccnc34)c2C)cc1. The molecule has 0 aliphatic carbocycles. The van der Waals surface area contributed by atoms with Gasteiger partial charge < -0.3 is 14.0 Å². The molecule has 0 aliphatic heterocycles. The quantitative estimate of drug-likeness (QED) is 0.155. The van der Waals surface area contributed by atoms with E-state index in [1.165, 1.54) is 7.11 Å². The van der Waals surface area contributed by atoms with Crippen LogP contribution in [0.15, 0.2) is 72.0 Å². The Morgan fingerprint density at radius 2 is 1.91 bits per heavy atom. The predicted molar refractivity (Wildman–Crippen MR) is 125 cm³/mol. The van der Waals surface area contributed by atoms with Crippen molar-refractivity contribution in [1.29, 1.82) is 0 Å². The molecule has 0 aliphatic rings. The fourth-order valence-electron chi connectivity index (χ4n) is 3.64. The zero-order valence-corrected chi connectivity index (χ0v) is 18.2.